The topological polar surface area (TPSA) is 79.3 Å². The number of halogens is 5. The lowest BCUT2D eigenvalue weighted by Crippen LogP contribution is -2.56. The Balaban J connectivity index is 1.77. The molecule has 0 aromatic rings. The maximum atomic E-state index is 14.0. The molecule has 4 N–H and O–H groups in total. The van der Waals surface area contributed by atoms with Crippen molar-refractivity contribution < 1.29 is 22.0 Å². The van der Waals surface area contributed by atoms with E-state index in [0.29, 0.717) is 23.9 Å². The molecule has 3 aliphatic heterocycles. The fourth-order valence-electron chi connectivity index (χ4n) is 6.69. The molecule has 13 heteroatoms. The zero-order valence-corrected chi connectivity index (χ0v) is 31.7. The van der Waals surface area contributed by atoms with Crippen LogP contribution in [0.2, 0.25) is 0 Å². The first kappa shape index (κ1) is 42.2. The molecule has 3 heterocycles. The van der Waals surface area contributed by atoms with Crippen LogP contribution in [0.5, 0.6) is 0 Å². The first-order valence-corrected chi connectivity index (χ1v) is 18.4. The second-order valence-electron chi connectivity index (χ2n) is 14.5. The monoisotopic (exact) mass is 724 g/mol. The smallest absolute Gasteiger partial charge is 0.385 e. The molecular weight excluding hydrogens is 663 g/mol. The first-order chi connectivity index (χ1) is 24.1. The Hall–Kier alpha value is -3.19. The summed E-state index contributed by atoms with van der Waals surface area (Å²) in [6.45, 7) is 21.3. The summed E-state index contributed by atoms with van der Waals surface area (Å²) in [6.07, 6.45) is 2.48. The van der Waals surface area contributed by atoms with Crippen molar-refractivity contribution in [1.29, 1.82) is 0 Å². The number of allylic oxidation sites excluding steroid dienone is 3. The van der Waals surface area contributed by atoms with Gasteiger partial charge in [0.05, 0.1) is 0 Å². The molecule has 3 aliphatic rings. The maximum absolute atomic E-state index is 14.0. The van der Waals surface area contributed by atoms with Crippen LogP contribution in [0.1, 0.15) is 80.1 Å². The summed E-state index contributed by atoms with van der Waals surface area (Å²) in [5.74, 6) is -2.33. The number of guanidine groups is 1. The first-order valence-electron chi connectivity index (χ1n) is 18.4. The van der Waals surface area contributed by atoms with E-state index in [1.165, 1.54) is 12.6 Å². The van der Waals surface area contributed by atoms with E-state index in [1.807, 2.05) is 19.1 Å². The van der Waals surface area contributed by atoms with Gasteiger partial charge in [-0.3, -0.25) is 14.8 Å². The van der Waals surface area contributed by atoms with Crippen LogP contribution in [0.25, 0.3) is 0 Å². The summed E-state index contributed by atoms with van der Waals surface area (Å²) in [7, 11) is 1.41. The molecular formula is C38H61F5N8. The summed E-state index contributed by atoms with van der Waals surface area (Å²) in [5.41, 5.74) is 4.95. The lowest BCUT2D eigenvalue weighted by Gasteiger charge is -2.45. The highest BCUT2D eigenvalue weighted by molar-refractivity contribution is 5.97. The SMILES string of the molecule is C=C1NCC(/C=C\CC)=C1CN/C(=N/C(=N\C)NC/C(=C\C1=C(/CC)CCC(N2CCN(C(C)(C)C)CC2)CCN1)CC(F)F)C(C)C(F)(F)F. The van der Waals surface area contributed by atoms with E-state index in [9.17, 15) is 22.0 Å². The van der Waals surface area contributed by atoms with Gasteiger partial charge in [-0.2, -0.15) is 13.2 Å². The molecule has 1 fully saturated rings. The third kappa shape index (κ3) is 13.1. The molecule has 51 heavy (non-hydrogen) atoms. The number of nitrogens with zero attached hydrogens (tertiary/aromatic N) is 4. The predicted molar refractivity (Wildman–Crippen MR) is 200 cm³/mol. The highest BCUT2D eigenvalue weighted by Gasteiger charge is 2.40. The Labute approximate surface area is 302 Å². The van der Waals surface area contributed by atoms with E-state index in [0.717, 1.165) is 88.6 Å². The summed E-state index contributed by atoms with van der Waals surface area (Å²) in [4.78, 5) is 13.4. The molecule has 0 aliphatic carbocycles. The Morgan fingerprint density at radius 2 is 1.76 bits per heavy atom. The van der Waals surface area contributed by atoms with Crippen LogP contribution in [0, 0.1) is 5.92 Å². The number of amidine groups is 1. The van der Waals surface area contributed by atoms with E-state index < -0.39 is 24.9 Å². The van der Waals surface area contributed by atoms with E-state index in [2.05, 4.69) is 75.3 Å². The lowest BCUT2D eigenvalue weighted by atomic mass is 9.94. The number of alkyl halides is 5. The second-order valence-corrected chi connectivity index (χ2v) is 14.5. The quantitative estimate of drug-likeness (QED) is 0.0994. The van der Waals surface area contributed by atoms with E-state index in [1.54, 1.807) is 6.08 Å². The van der Waals surface area contributed by atoms with Crippen molar-refractivity contribution >= 4 is 11.8 Å². The number of piperazine rings is 1. The summed E-state index contributed by atoms with van der Waals surface area (Å²) >= 11 is 0. The lowest BCUT2D eigenvalue weighted by molar-refractivity contribution is -0.151. The van der Waals surface area contributed by atoms with Gasteiger partial charge in [0.15, 0.2) is 0 Å². The molecule has 0 saturated carbocycles. The fourth-order valence-corrected chi connectivity index (χ4v) is 6.69. The summed E-state index contributed by atoms with van der Waals surface area (Å²) < 4.78 is 69.6. The van der Waals surface area contributed by atoms with Crippen molar-refractivity contribution in [2.24, 2.45) is 15.9 Å². The van der Waals surface area contributed by atoms with Crippen LogP contribution in [0.4, 0.5) is 22.0 Å². The largest absolute Gasteiger partial charge is 0.398 e. The Morgan fingerprint density at radius 1 is 1.06 bits per heavy atom. The third-order valence-corrected chi connectivity index (χ3v) is 9.98. The average molecular weight is 725 g/mol. The van der Waals surface area contributed by atoms with E-state index in [4.69, 9.17) is 0 Å². The van der Waals surface area contributed by atoms with Gasteiger partial charge in [0, 0.05) is 88.8 Å². The summed E-state index contributed by atoms with van der Waals surface area (Å²) in [5, 5.41) is 12.5. The molecule has 0 amide bonds. The maximum Gasteiger partial charge on any atom is 0.398 e. The van der Waals surface area contributed by atoms with Crippen LogP contribution in [0.3, 0.4) is 0 Å². The predicted octanol–water partition coefficient (Wildman–Crippen LogP) is 6.93. The minimum atomic E-state index is -4.57. The zero-order chi connectivity index (χ0) is 37.8. The second kappa shape index (κ2) is 19.6. The molecule has 0 aromatic carbocycles. The highest BCUT2D eigenvalue weighted by Crippen LogP contribution is 2.28. The van der Waals surface area contributed by atoms with Crippen LogP contribution in [-0.2, 0) is 0 Å². The molecule has 1 saturated heterocycles. The average Bonchev–Trinajstić information content (AvgIpc) is 3.41. The highest BCUT2D eigenvalue weighted by atomic mass is 19.4. The summed E-state index contributed by atoms with van der Waals surface area (Å²) in [6, 6.07) is 0.454. The van der Waals surface area contributed by atoms with Crippen molar-refractivity contribution in [3.63, 3.8) is 0 Å². The van der Waals surface area contributed by atoms with Crippen molar-refractivity contribution in [1.82, 2.24) is 31.1 Å². The number of rotatable bonds is 12. The number of hydrogen-bond donors (Lipinski definition) is 4. The van der Waals surface area contributed by atoms with E-state index in [-0.39, 0.29) is 30.4 Å². The van der Waals surface area contributed by atoms with Gasteiger partial charge in [0.1, 0.15) is 11.8 Å². The third-order valence-electron chi connectivity index (χ3n) is 9.98. The van der Waals surface area contributed by atoms with Gasteiger partial charge >= 0.3 is 6.18 Å². The minimum Gasteiger partial charge on any atom is -0.385 e. The molecule has 0 bridgehead atoms. The van der Waals surface area contributed by atoms with Gasteiger partial charge in [-0.05, 0) is 88.2 Å². The molecule has 0 spiro atoms. The Bertz CT molecular complexity index is 1340. The molecule has 2 atom stereocenters. The van der Waals surface area contributed by atoms with Gasteiger partial charge in [0.2, 0.25) is 12.4 Å². The van der Waals surface area contributed by atoms with Crippen molar-refractivity contribution in [2.75, 3.05) is 59.4 Å². The standard InChI is InChI=1S/C38H61F5N8/c1-9-11-12-30-24-46-27(4)32(30)25-47-35(26(3)38(41,42)43)49-36(44-8)48-23-28(22-34(39)40)21-33-29(10-2)13-14-31(15-16-45-33)50-17-19-51(20-18-50)37(5,6)7/h11-12,21,26,31,34,45-46H,4,9-10,13-20,22-25H2,1-3,5-8H3,(H2,44,47,48,49)/b12-11-,28-21-,33-29-. The van der Waals surface area contributed by atoms with E-state index >= 15 is 0 Å². The molecule has 3 rings (SSSR count). The van der Waals surface area contributed by atoms with Crippen LogP contribution < -0.4 is 21.3 Å². The van der Waals surface area contributed by atoms with Crippen LogP contribution in [-0.4, -0.2) is 105 Å². The van der Waals surface area contributed by atoms with Crippen LogP contribution >= 0.6 is 0 Å². The van der Waals surface area contributed by atoms with Crippen molar-refractivity contribution in [3.05, 3.63) is 58.5 Å². The van der Waals surface area contributed by atoms with Gasteiger partial charge < -0.3 is 21.3 Å². The fraction of sp³-hybridized carbons (Fsp3) is 0.684. The molecule has 0 radical (unpaired) electrons. The van der Waals surface area contributed by atoms with Crippen LogP contribution in [0.15, 0.2) is 68.5 Å². The Morgan fingerprint density at radius 3 is 2.35 bits per heavy atom. The number of nitrogens with one attached hydrogen (secondary N) is 4. The van der Waals surface area contributed by atoms with Crippen molar-refractivity contribution in [3.8, 4) is 0 Å². The van der Waals surface area contributed by atoms with Gasteiger partial charge in [-0.25, -0.2) is 13.8 Å². The van der Waals surface area contributed by atoms with Crippen molar-refractivity contribution in [2.45, 2.75) is 104 Å². The molecule has 288 valence electrons. The molecule has 0 aromatic heterocycles. The number of hydrogen-bond acceptors (Lipinski definition) is 5. The molecule has 8 nitrogen and oxygen atoms in total. The Kier molecular flexibility index (Phi) is 16.2. The molecule has 2 unspecified atom stereocenters. The van der Waals surface area contributed by atoms with Gasteiger partial charge in [0.25, 0.3) is 0 Å². The van der Waals surface area contributed by atoms with Gasteiger partial charge in [-0.1, -0.05) is 32.6 Å². The van der Waals surface area contributed by atoms with Gasteiger partial charge in [-0.15, -0.1) is 0 Å². The normalized spacial score (nSPS) is 23.4. The number of aliphatic imine (C=N–C) groups is 2. The minimum absolute atomic E-state index is 0.0467. The zero-order valence-electron chi connectivity index (χ0n) is 31.7.